The first-order chi connectivity index (χ1) is 20.2. The second-order valence-corrected chi connectivity index (χ2v) is 12.1. The number of carbonyl (C=O) groups is 3. The number of nitrogens with one attached hydrogen (secondary N) is 1. The van der Waals surface area contributed by atoms with Gasteiger partial charge in [-0.3, -0.25) is 14.5 Å². The molecule has 1 aliphatic carbocycles. The minimum Gasteiger partial charge on any atom is -0.497 e. The van der Waals surface area contributed by atoms with Crippen molar-refractivity contribution in [3.05, 3.63) is 65.7 Å². The predicted octanol–water partition coefficient (Wildman–Crippen LogP) is 2.91. The maximum atomic E-state index is 14.5. The van der Waals surface area contributed by atoms with E-state index >= 15 is 0 Å². The van der Waals surface area contributed by atoms with Crippen LogP contribution in [0.25, 0.3) is 6.08 Å². The third-order valence-corrected chi connectivity index (χ3v) is 10.5. The number of benzene rings is 2. The van der Waals surface area contributed by atoms with Gasteiger partial charge in [-0.1, -0.05) is 30.3 Å². The van der Waals surface area contributed by atoms with E-state index in [2.05, 4.69) is 10.2 Å². The summed E-state index contributed by atoms with van der Waals surface area (Å²) in [6.07, 6.45) is 3.20. The third kappa shape index (κ3) is 3.25. The number of anilines is 1. The molecule has 1 spiro atoms. The Morgan fingerprint density at radius 3 is 2.62 bits per heavy atom. The van der Waals surface area contributed by atoms with E-state index in [1.807, 2.05) is 62.5 Å². The van der Waals surface area contributed by atoms with Gasteiger partial charge in [-0.2, -0.15) is 0 Å². The smallest absolute Gasteiger partial charge is 0.330 e. The van der Waals surface area contributed by atoms with Crippen LogP contribution in [0.15, 0.2) is 54.6 Å². The van der Waals surface area contributed by atoms with Gasteiger partial charge >= 0.3 is 17.9 Å². The zero-order chi connectivity index (χ0) is 29.5. The summed E-state index contributed by atoms with van der Waals surface area (Å²) in [5.74, 6) is -1.51. The van der Waals surface area contributed by atoms with Crippen molar-refractivity contribution in [2.45, 2.75) is 48.7 Å². The zero-order valence-electron chi connectivity index (χ0n) is 24.0. The summed E-state index contributed by atoms with van der Waals surface area (Å²) in [5.41, 5.74) is -2.57. The predicted molar refractivity (Wildman–Crippen MR) is 150 cm³/mol. The number of carbonyl (C=O) groups excluding carboxylic acids is 3. The Morgan fingerprint density at radius 1 is 1.17 bits per heavy atom. The van der Waals surface area contributed by atoms with Gasteiger partial charge in [0.15, 0.2) is 0 Å². The van der Waals surface area contributed by atoms with Gasteiger partial charge in [0.05, 0.1) is 38.2 Å². The molecule has 7 rings (SSSR count). The van der Waals surface area contributed by atoms with Crippen LogP contribution in [0, 0.1) is 11.3 Å². The Morgan fingerprint density at radius 2 is 1.93 bits per heavy atom. The number of ether oxygens (including phenoxy) is 5. The molecule has 2 aromatic carbocycles. The molecule has 0 aromatic heterocycles. The molecule has 0 amide bonds. The lowest BCUT2D eigenvalue weighted by Gasteiger charge is -2.64. The number of rotatable bonds is 6. The molecule has 10 nitrogen and oxygen atoms in total. The fraction of sp³-hybridized carbons (Fsp3) is 0.469. The summed E-state index contributed by atoms with van der Waals surface area (Å²) < 4.78 is 29.9. The van der Waals surface area contributed by atoms with Crippen LogP contribution in [-0.2, 0) is 38.7 Å². The number of esters is 3. The van der Waals surface area contributed by atoms with Gasteiger partial charge in [-0.15, -0.1) is 0 Å². The van der Waals surface area contributed by atoms with Gasteiger partial charge in [0.1, 0.15) is 23.4 Å². The fourth-order valence-electron chi connectivity index (χ4n) is 8.73. The molecule has 1 saturated carbocycles. The van der Waals surface area contributed by atoms with Crippen molar-refractivity contribution in [1.82, 2.24) is 4.90 Å². The van der Waals surface area contributed by atoms with Crippen LogP contribution < -0.4 is 10.1 Å². The van der Waals surface area contributed by atoms with Crippen molar-refractivity contribution in [3.8, 4) is 5.75 Å². The van der Waals surface area contributed by atoms with E-state index in [9.17, 15) is 14.4 Å². The van der Waals surface area contributed by atoms with Gasteiger partial charge in [-0.25, -0.2) is 4.79 Å². The maximum Gasteiger partial charge on any atom is 0.330 e. The Labute approximate surface area is 243 Å². The monoisotopic (exact) mass is 574 g/mol. The Bertz CT molecular complexity index is 1510. The first-order valence-electron chi connectivity index (χ1n) is 14.2. The molecule has 42 heavy (non-hydrogen) atoms. The van der Waals surface area contributed by atoms with Crippen LogP contribution in [0.5, 0.6) is 5.75 Å². The van der Waals surface area contributed by atoms with Crippen molar-refractivity contribution in [2.75, 3.05) is 39.7 Å². The summed E-state index contributed by atoms with van der Waals surface area (Å²) >= 11 is 0. The van der Waals surface area contributed by atoms with E-state index in [0.717, 1.165) is 11.3 Å². The fourth-order valence-corrected chi connectivity index (χ4v) is 8.73. The molecule has 2 bridgehead atoms. The molecular weight excluding hydrogens is 540 g/mol. The number of piperidine rings is 1. The summed E-state index contributed by atoms with van der Waals surface area (Å²) in [7, 11) is 4.89. The van der Waals surface area contributed by atoms with Crippen molar-refractivity contribution in [3.63, 3.8) is 0 Å². The standard InChI is InChI=1S/C32H34N2O8/c1-19-30(41-19)17-34(2)25-15-24(30)29(28(37)39-4,18-40-26(35)13-10-20-8-6-5-7-9-20)31-16-27(36)42-32(25,31)33-23-12-11-21(38-3)14-22(23)31/h5-14,19,24-25,33H,15-18H2,1-4H3/t19-,24-,25+,29+,30+,31+,32+/m1/s1. The van der Waals surface area contributed by atoms with Crippen LogP contribution in [0.3, 0.4) is 0 Å². The third-order valence-electron chi connectivity index (χ3n) is 10.5. The van der Waals surface area contributed by atoms with Crippen molar-refractivity contribution in [1.29, 1.82) is 0 Å². The van der Waals surface area contributed by atoms with E-state index in [0.29, 0.717) is 24.3 Å². The molecule has 0 radical (unpaired) electrons. The van der Waals surface area contributed by atoms with Crippen molar-refractivity contribution >= 4 is 29.7 Å². The molecule has 1 N–H and O–H groups in total. The number of likely N-dealkylation sites (N-methyl/N-ethyl adjacent to an activating group) is 1. The molecule has 0 unspecified atom stereocenters. The number of hydrogen-bond donors (Lipinski definition) is 1. The SMILES string of the molecule is COC(=O)[C@]1(COC(=O)C=Cc2ccccc2)[C@H]2C[C@H](N(C)C[C@@]23O[C@@H]3C)[C@@]23Nc4ccc(OC)cc4[C@]21CC(=O)O3. The molecular formula is C32H34N2O8. The second-order valence-electron chi connectivity index (χ2n) is 12.1. The Balaban J connectivity index is 1.43. The molecule has 220 valence electrons. The minimum absolute atomic E-state index is 0.113. The second kappa shape index (κ2) is 9.05. The number of methoxy groups -OCH3 is 2. The highest BCUT2D eigenvalue weighted by Gasteiger charge is 2.88. The van der Waals surface area contributed by atoms with E-state index in [-0.39, 0.29) is 25.2 Å². The highest BCUT2D eigenvalue weighted by molar-refractivity contribution is 5.92. The molecule has 4 heterocycles. The summed E-state index contributed by atoms with van der Waals surface area (Å²) in [6.45, 7) is 2.18. The van der Waals surface area contributed by atoms with Crippen molar-refractivity contribution in [2.24, 2.45) is 11.3 Å². The molecule has 4 fully saturated rings. The van der Waals surface area contributed by atoms with Gasteiger partial charge < -0.3 is 29.0 Å². The quantitative estimate of drug-likeness (QED) is 0.239. The van der Waals surface area contributed by atoms with Crippen molar-refractivity contribution < 1.29 is 38.1 Å². The molecule has 5 aliphatic rings. The van der Waals surface area contributed by atoms with Crippen LogP contribution >= 0.6 is 0 Å². The van der Waals surface area contributed by atoms with Gasteiger partial charge in [0.25, 0.3) is 0 Å². The van der Waals surface area contributed by atoms with E-state index in [1.165, 1.54) is 13.2 Å². The molecule has 2 aromatic rings. The average Bonchev–Trinajstić information content (AvgIpc) is 3.37. The zero-order valence-corrected chi connectivity index (χ0v) is 24.0. The van der Waals surface area contributed by atoms with Crippen LogP contribution in [0.2, 0.25) is 0 Å². The lowest BCUT2D eigenvalue weighted by atomic mass is 9.42. The molecule has 10 heteroatoms. The Hall–Kier alpha value is -3.89. The maximum absolute atomic E-state index is 14.5. The van der Waals surface area contributed by atoms with Crippen LogP contribution in [0.1, 0.15) is 30.9 Å². The normalized spacial score (nSPS) is 37.3. The number of nitrogens with zero attached hydrogens (tertiary/aromatic N) is 1. The topological polar surface area (TPSA) is 116 Å². The molecule has 7 atom stereocenters. The largest absolute Gasteiger partial charge is 0.497 e. The van der Waals surface area contributed by atoms with Crippen LogP contribution in [0.4, 0.5) is 5.69 Å². The minimum atomic E-state index is -1.53. The summed E-state index contributed by atoms with van der Waals surface area (Å²) in [5, 5.41) is 3.55. The number of hydrogen-bond acceptors (Lipinski definition) is 10. The van der Waals surface area contributed by atoms with E-state index < -0.39 is 46.0 Å². The lowest BCUT2D eigenvalue weighted by molar-refractivity contribution is -0.226. The number of likely N-dealkylation sites (tertiary alicyclic amines) is 1. The van der Waals surface area contributed by atoms with Crippen LogP contribution in [-0.4, -0.2) is 80.7 Å². The number of fused-ring (bicyclic) bond motifs is 4. The molecule has 3 saturated heterocycles. The highest BCUT2D eigenvalue weighted by Crippen LogP contribution is 2.75. The van der Waals surface area contributed by atoms with Gasteiger partial charge in [0, 0.05) is 24.2 Å². The lowest BCUT2D eigenvalue weighted by Crippen LogP contribution is -2.80. The van der Waals surface area contributed by atoms with Gasteiger partial charge in [0.2, 0.25) is 5.72 Å². The first-order valence-corrected chi connectivity index (χ1v) is 14.2. The first kappa shape index (κ1) is 27.0. The Kier molecular flexibility index (Phi) is 5.81. The molecule has 4 aliphatic heterocycles. The summed E-state index contributed by atoms with van der Waals surface area (Å²) in [6, 6.07) is 14.7. The highest BCUT2D eigenvalue weighted by atomic mass is 16.6. The van der Waals surface area contributed by atoms with Gasteiger partial charge in [-0.05, 0) is 55.8 Å². The number of epoxide rings is 1. The van der Waals surface area contributed by atoms with E-state index in [1.54, 1.807) is 13.2 Å². The van der Waals surface area contributed by atoms with E-state index in [4.69, 9.17) is 23.7 Å². The average molecular weight is 575 g/mol. The summed E-state index contributed by atoms with van der Waals surface area (Å²) in [4.78, 5) is 43.4.